The van der Waals surface area contributed by atoms with Crippen LogP contribution in [0.3, 0.4) is 0 Å². The van der Waals surface area contributed by atoms with Gasteiger partial charge in [-0.1, -0.05) is 0 Å². The monoisotopic (exact) mass is 405 g/mol. The minimum Gasteiger partial charge on any atom is -0.547 e. The third-order valence-corrected chi connectivity index (χ3v) is 4.47. The Labute approximate surface area is 177 Å². The Balaban J connectivity index is 0.00000364. The van der Waals surface area contributed by atoms with Gasteiger partial charge in [0.2, 0.25) is 0 Å². The van der Waals surface area contributed by atoms with Crippen molar-refractivity contribution in [3.8, 4) is 0 Å². The number of methoxy groups -OCH3 is 2. The van der Waals surface area contributed by atoms with Crippen LogP contribution >= 0.6 is 0 Å². The molecule has 27 heavy (non-hydrogen) atoms. The maximum absolute atomic E-state index is 11.4. The first-order valence-electron chi connectivity index (χ1n) is 7.90. The molecular weight excluding hydrogens is 381 g/mol. The molecule has 2 rings (SSSR count). The molecule has 0 amide bonds. The van der Waals surface area contributed by atoms with Crippen LogP contribution in [0.2, 0.25) is 0 Å². The van der Waals surface area contributed by atoms with Gasteiger partial charge >= 0.3 is 29.6 Å². The molecule has 0 bridgehead atoms. The van der Waals surface area contributed by atoms with Crippen molar-refractivity contribution < 1.29 is 83.6 Å². The van der Waals surface area contributed by atoms with Gasteiger partial charge in [0.05, 0.1) is 18.6 Å². The van der Waals surface area contributed by atoms with Crippen LogP contribution in [0, 0.1) is 0 Å². The van der Waals surface area contributed by atoms with Crippen molar-refractivity contribution in [2.45, 2.75) is 61.3 Å². The standard InChI is InChI=1S/C14H25NO11.Na/c1-22-9-5(15)13(24-4(3-16)6(9)17)25-10-7(18)8(19)14(23-2)26-11(10)12(20)21;/h4-11,13-14,16-19H,3,15H2,1-2H3,(H,20,21);/q;+1/p-1/t4?,5?,6?,7?,8?,9-,10+,11?,13+,14?;/m1./s1. The summed E-state index contributed by atoms with van der Waals surface area (Å²) in [4.78, 5) is 11.4. The Bertz CT molecular complexity index is 486. The van der Waals surface area contributed by atoms with E-state index in [0.717, 1.165) is 7.11 Å². The van der Waals surface area contributed by atoms with Crippen LogP contribution in [0.4, 0.5) is 0 Å². The van der Waals surface area contributed by atoms with Crippen LogP contribution in [0.25, 0.3) is 0 Å². The van der Waals surface area contributed by atoms with Gasteiger partial charge in [0.15, 0.2) is 12.6 Å². The summed E-state index contributed by atoms with van der Waals surface area (Å²) in [5.41, 5.74) is 5.92. The molecule has 7 unspecified atom stereocenters. The van der Waals surface area contributed by atoms with E-state index in [2.05, 4.69) is 0 Å². The largest absolute Gasteiger partial charge is 1.00 e. The number of aliphatic carboxylic acids is 1. The zero-order valence-corrected chi connectivity index (χ0v) is 17.2. The molecule has 13 heteroatoms. The van der Waals surface area contributed by atoms with Gasteiger partial charge in [0.1, 0.15) is 42.7 Å². The second-order valence-electron chi connectivity index (χ2n) is 6.06. The van der Waals surface area contributed by atoms with Crippen molar-refractivity contribution in [1.29, 1.82) is 0 Å². The van der Waals surface area contributed by atoms with Crippen LogP contribution in [0.1, 0.15) is 0 Å². The number of nitrogens with two attached hydrogens (primary N) is 1. The summed E-state index contributed by atoms with van der Waals surface area (Å²) in [5.74, 6) is -1.71. The minimum absolute atomic E-state index is 0. The number of rotatable bonds is 6. The molecule has 10 atom stereocenters. The topological polar surface area (TPSA) is 193 Å². The van der Waals surface area contributed by atoms with Crippen molar-refractivity contribution in [2.75, 3.05) is 20.8 Å². The SMILES string of the molecule is COC1OC(C(=O)[O-])[C@@H](O[C@@H]2OC(CO)C(O)[C@H](OC)C2N)C(O)C1O.[Na+]. The van der Waals surface area contributed by atoms with Crippen molar-refractivity contribution in [3.05, 3.63) is 0 Å². The van der Waals surface area contributed by atoms with Gasteiger partial charge in [-0.2, -0.15) is 0 Å². The molecule has 2 aliphatic rings. The molecule has 0 saturated carbocycles. The van der Waals surface area contributed by atoms with E-state index < -0.39 is 73.9 Å². The first-order chi connectivity index (χ1) is 12.3. The molecule has 152 valence electrons. The van der Waals surface area contributed by atoms with Crippen molar-refractivity contribution in [2.24, 2.45) is 5.73 Å². The van der Waals surface area contributed by atoms with Crippen LogP contribution in [-0.2, 0) is 28.5 Å². The average molecular weight is 405 g/mol. The molecule has 2 saturated heterocycles. The first kappa shape index (κ1) is 25.1. The summed E-state index contributed by atoms with van der Waals surface area (Å²) in [6, 6.07) is -1.09. The summed E-state index contributed by atoms with van der Waals surface area (Å²) in [6.45, 7) is -0.588. The summed E-state index contributed by atoms with van der Waals surface area (Å²) >= 11 is 0. The van der Waals surface area contributed by atoms with Gasteiger partial charge in [-0.3, -0.25) is 0 Å². The second-order valence-corrected chi connectivity index (χ2v) is 6.06. The van der Waals surface area contributed by atoms with E-state index in [1.54, 1.807) is 0 Å². The number of aliphatic hydroxyl groups is 4. The predicted octanol–water partition coefficient (Wildman–Crippen LogP) is -8.36. The van der Waals surface area contributed by atoms with Crippen molar-refractivity contribution in [3.63, 3.8) is 0 Å². The predicted molar refractivity (Wildman–Crippen MR) is 78.1 cm³/mol. The fourth-order valence-corrected chi connectivity index (χ4v) is 3.04. The summed E-state index contributed by atoms with van der Waals surface area (Å²) in [6.07, 6.45) is -12.9. The van der Waals surface area contributed by atoms with Gasteiger partial charge in [0, 0.05) is 14.2 Å². The molecule has 12 nitrogen and oxygen atoms in total. The van der Waals surface area contributed by atoms with Gasteiger partial charge in [-0.15, -0.1) is 0 Å². The van der Waals surface area contributed by atoms with E-state index in [-0.39, 0.29) is 29.6 Å². The van der Waals surface area contributed by atoms with Crippen LogP contribution in [0.15, 0.2) is 0 Å². The summed E-state index contributed by atoms with van der Waals surface area (Å²) in [7, 11) is 2.44. The Hall–Kier alpha value is 0.0700. The molecule has 2 fully saturated rings. The zero-order chi connectivity index (χ0) is 19.6. The Kier molecular flexibility index (Phi) is 9.98. The van der Waals surface area contributed by atoms with Gasteiger partial charge in [0.25, 0.3) is 0 Å². The van der Waals surface area contributed by atoms with Gasteiger partial charge in [-0.25, -0.2) is 0 Å². The van der Waals surface area contributed by atoms with Crippen LogP contribution in [-0.4, -0.2) is 109 Å². The molecule has 0 aromatic rings. The Morgan fingerprint density at radius 3 is 2.15 bits per heavy atom. The first-order valence-corrected chi connectivity index (χ1v) is 7.90. The minimum atomic E-state index is -1.80. The fourth-order valence-electron chi connectivity index (χ4n) is 3.04. The summed E-state index contributed by atoms with van der Waals surface area (Å²) < 4.78 is 25.7. The molecule has 2 heterocycles. The molecule has 6 N–H and O–H groups in total. The molecule has 0 spiro atoms. The van der Waals surface area contributed by atoms with Crippen LogP contribution < -0.4 is 40.4 Å². The zero-order valence-electron chi connectivity index (χ0n) is 15.2. The fraction of sp³-hybridized carbons (Fsp3) is 0.929. The molecule has 0 aromatic heterocycles. The van der Waals surface area contributed by atoms with Crippen LogP contribution in [0.5, 0.6) is 0 Å². The van der Waals surface area contributed by atoms with E-state index in [0.29, 0.717) is 0 Å². The van der Waals surface area contributed by atoms with Crippen molar-refractivity contribution >= 4 is 5.97 Å². The number of hydrogen-bond acceptors (Lipinski definition) is 12. The molecular formula is C14H24NNaO11. The quantitative estimate of drug-likeness (QED) is 0.262. The maximum atomic E-state index is 11.4. The Morgan fingerprint density at radius 2 is 1.67 bits per heavy atom. The van der Waals surface area contributed by atoms with E-state index >= 15 is 0 Å². The summed E-state index contributed by atoms with van der Waals surface area (Å²) in [5, 5.41) is 50.9. The average Bonchev–Trinajstić information content (AvgIpc) is 2.61. The molecule has 0 aromatic carbocycles. The Morgan fingerprint density at radius 1 is 1.04 bits per heavy atom. The number of hydrogen-bond donors (Lipinski definition) is 5. The van der Waals surface area contributed by atoms with E-state index in [4.69, 9.17) is 29.4 Å². The number of carbonyl (C=O) groups excluding carboxylic acids is 1. The van der Waals surface area contributed by atoms with Gasteiger partial charge in [-0.05, 0) is 0 Å². The van der Waals surface area contributed by atoms with Crippen molar-refractivity contribution in [1.82, 2.24) is 0 Å². The third kappa shape index (κ3) is 5.17. The molecule has 0 radical (unpaired) electrons. The number of carbonyl (C=O) groups is 1. The van der Waals surface area contributed by atoms with Gasteiger partial charge < -0.3 is 59.7 Å². The second kappa shape index (κ2) is 10.7. The van der Waals surface area contributed by atoms with E-state index in [9.17, 15) is 30.3 Å². The number of ether oxygens (including phenoxy) is 5. The van der Waals surface area contributed by atoms with E-state index in [1.165, 1.54) is 7.11 Å². The normalized spacial score (nSPS) is 45.1. The van der Waals surface area contributed by atoms with E-state index in [1.807, 2.05) is 0 Å². The maximum Gasteiger partial charge on any atom is 1.00 e. The molecule has 0 aliphatic carbocycles. The smallest absolute Gasteiger partial charge is 0.547 e. The third-order valence-electron chi connectivity index (χ3n) is 4.47. The number of carboxylic acids is 1. The number of aliphatic hydroxyl groups excluding tert-OH is 4. The number of carboxylic acid groups (broad SMARTS) is 1. The molecule has 2 aliphatic heterocycles.